The highest BCUT2D eigenvalue weighted by atomic mass is 32.1. The largest absolute Gasteiger partial charge is 0.397 e. The maximum atomic E-state index is 11.8. The molecule has 82 valence electrons. The minimum atomic E-state index is -0.217. The lowest BCUT2D eigenvalue weighted by atomic mass is 10.3. The fraction of sp³-hybridized carbons (Fsp3) is 0.0909. The molecule has 0 aromatic carbocycles. The second kappa shape index (κ2) is 4.32. The van der Waals surface area contributed by atoms with Gasteiger partial charge in [0.2, 0.25) is 0 Å². The Morgan fingerprint density at radius 3 is 2.94 bits per heavy atom. The molecule has 3 N–H and O–H groups in total. The summed E-state index contributed by atoms with van der Waals surface area (Å²) in [7, 11) is 0. The van der Waals surface area contributed by atoms with E-state index < -0.39 is 0 Å². The van der Waals surface area contributed by atoms with Gasteiger partial charge in [-0.05, 0) is 36.1 Å². The van der Waals surface area contributed by atoms with Gasteiger partial charge in [0.15, 0.2) is 0 Å². The van der Waals surface area contributed by atoms with E-state index in [0.29, 0.717) is 16.4 Å². The molecule has 1 amide bonds. The number of aryl methyl sites for hydroxylation is 1. The van der Waals surface area contributed by atoms with Crippen molar-refractivity contribution in [1.29, 1.82) is 0 Å². The zero-order chi connectivity index (χ0) is 11.5. The molecule has 0 spiro atoms. The van der Waals surface area contributed by atoms with Crippen LogP contribution in [0.4, 0.5) is 11.5 Å². The van der Waals surface area contributed by atoms with E-state index in [1.165, 1.54) is 11.3 Å². The smallest absolute Gasteiger partial charge is 0.269 e. The van der Waals surface area contributed by atoms with E-state index in [9.17, 15) is 4.79 Å². The number of carbonyl (C=O) groups is 1. The Morgan fingerprint density at radius 1 is 1.50 bits per heavy atom. The first-order chi connectivity index (χ1) is 7.66. The molecule has 0 radical (unpaired) electrons. The molecule has 2 aromatic heterocycles. The van der Waals surface area contributed by atoms with Gasteiger partial charge in [0.05, 0.1) is 5.69 Å². The first kappa shape index (κ1) is 10.6. The first-order valence-corrected chi connectivity index (χ1v) is 5.62. The van der Waals surface area contributed by atoms with Gasteiger partial charge < -0.3 is 11.1 Å². The summed E-state index contributed by atoms with van der Waals surface area (Å²) in [5.74, 6) is 0.323. The molecule has 5 heteroatoms. The van der Waals surface area contributed by atoms with Crippen LogP contribution in [0.15, 0.2) is 29.8 Å². The van der Waals surface area contributed by atoms with Crippen LogP contribution in [-0.2, 0) is 0 Å². The maximum absolute atomic E-state index is 11.8. The molecule has 0 aliphatic carbocycles. The van der Waals surface area contributed by atoms with Gasteiger partial charge in [-0.3, -0.25) is 4.79 Å². The molecule has 2 aromatic rings. The van der Waals surface area contributed by atoms with Crippen LogP contribution < -0.4 is 11.1 Å². The highest BCUT2D eigenvalue weighted by Gasteiger charge is 2.11. The zero-order valence-electron chi connectivity index (χ0n) is 8.73. The van der Waals surface area contributed by atoms with E-state index in [2.05, 4.69) is 10.3 Å². The SMILES string of the molecule is Cc1ccnc(NC(=O)c2sccc2N)c1. The van der Waals surface area contributed by atoms with Crippen molar-refractivity contribution in [2.75, 3.05) is 11.1 Å². The molecule has 16 heavy (non-hydrogen) atoms. The Morgan fingerprint density at radius 2 is 2.31 bits per heavy atom. The Labute approximate surface area is 97.1 Å². The average molecular weight is 233 g/mol. The zero-order valence-corrected chi connectivity index (χ0v) is 9.54. The van der Waals surface area contributed by atoms with Crippen LogP contribution >= 0.6 is 11.3 Å². The van der Waals surface area contributed by atoms with E-state index in [1.54, 1.807) is 17.6 Å². The number of thiophene rings is 1. The highest BCUT2D eigenvalue weighted by Crippen LogP contribution is 2.20. The number of nitrogens with one attached hydrogen (secondary N) is 1. The quantitative estimate of drug-likeness (QED) is 0.836. The number of amides is 1. The van der Waals surface area contributed by atoms with Crippen LogP contribution in [-0.4, -0.2) is 10.9 Å². The molecule has 0 saturated carbocycles. The van der Waals surface area contributed by atoms with E-state index in [-0.39, 0.29) is 5.91 Å². The molecule has 0 unspecified atom stereocenters. The van der Waals surface area contributed by atoms with E-state index in [4.69, 9.17) is 5.73 Å². The van der Waals surface area contributed by atoms with Crippen LogP contribution in [0.1, 0.15) is 15.2 Å². The molecule has 0 saturated heterocycles. The molecule has 2 rings (SSSR count). The number of anilines is 2. The van der Waals surface area contributed by atoms with Crippen molar-refractivity contribution < 1.29 is 4.79 Å². The van der Waals surface area contributed by atoms with Gasteiger partial charge in [-0.15, -0.1) is 11.3 Å². The van der Waals surface area contributed by atoms with Gasteiger partial charge in [0, 0.05) is 6.20 Å². The Kier molecular flexibility index (Phi) is 2.87. The second-order valence-corrected chi connectivity index (χ2v) is 4.29. The number of nitrogens with two attached hydrogens (primary N) is 1. The minimum absolute atomic E-state index is 0.217. The van der Waals surface area contributed by atoms with E-state index in [0.717, 1.165) is 5.56 Å². The van der Waals surface area contributed by atoms with Crippen molar-refractivity contribution in [3.8, 4) is 0 Å². The summed E-state index contributed by atoms with van der Waals surface area (Å²) in [6, 6.07) is 5.39. The Balaban J connectivity index is 2.17. The summed E-state index contributed by atoms with van der Waals surface area (Å²) in [5, 5.41) is 4.49. The molecule has 0 fully saturated rings. The van der Waals surface area contributed by atoms with Crippen LogP contribution in [0, 0.1) is 6.92 Å². The average Bonchev–Trinajstić information content (AvgIpc) is 2.64. The third-order valence-corrected chi connectivity index (χ3v) is 2.99. The number of aromatic nitrogens is 1. The summed E-state index contributed by atoms with van der Waals surface area (Å²) >= 11 is 1.32. The van der Waals surface area contributed by atoms with Gasteiger partial charge in [-0.25, -0.2) is 4.98 Å². The number of carbonyl (C=O) groups excluding carboxylic acids is 1. The standard InChI is InChI=1S/C11H11N3OS/c1-7-2-4-13-9(6-7)14-11(15)10-8(12)3-5-16-10/h2-6H,12H2,1H3,(H,13,14,15). The fourth-order valence-electron chi connectivity index (χ4n) is 1.28. The van der Waals surface area contributed by atoms with E-state index >= 15 is 0 Å². The topological polar surface area (TPSA) is 68.0 Å². The van der Waals surface area contributed by atoms with Gasteiger partial charge in [-0.2, -0.15) is 0 Å². The van der Waals surface area contributed by atoms with Crippen LogP contribution in [0.3, 0.4) is 0 Å². The maximum Gasteiger partial charge on any atom is 0.269 e. The third kappa shape index (κ3) is 2.20. The lowest BCUT2D eigenvalue weighted by Crippen LogP contribution is -2.12. The number of rotatable bonds is 2. The van der Waals surface area contributed by atoms with Crippen molar-refractivity contribution in [2.45, 2.75) is 6.92 Å². The molecule has 0 aliphatic heterocycles. The highest BCUT2D eigenvalue weighted by molar-refractivity contribution is 7.12. The van der Waals surface area contributed by atoms with Crippen LogP contribution in [0.25, 0.3) is 0 Å². The van der Waals surface area contributed by atoms with Crippen molar-refractivity contribution in [2.24, 2.45) is 0 Å². The summed E-state index contributed by atoms with van der Waals surface area (Å²) < 4.78 is 0. The molecule has 4 nitrogen and oxygen atoms in total. The predicted octanol–water partition coefficient (Wildman–Crippen LogP) is 2.29. The van der Waals surface area contributed by atoms with Gasteiger partial charge >= 0.3 is 0 Å². The molecular weight excluding hydrogens is 222 g/mol. The number of nitrogens with zero attached hydrogens (tertiary/aromatic N) is 1. The summed E-state index contributed by atoms with van der Waals surface area (Å²) in [4.78, 5) is 16.4. The summed E-state index contributed by atoms with van der Waals surface area (Å²) in [5.41, 5.74) is 7.20. The lowest BCUT2D eigenvalue weighted by Gasteiger charge is -2.03. The fourth-order valence-corrected chi connectivity index (χ4v) is 1.99. The normalized spacial score (nSPS) is 10.1. The number of hydrogen-bond donors (Lipinski definition) is 2. The lowest BCUT2D eigenvalue weighted by molar-refractivity contribution is 0.103. The third-order valence-electron chi connectivity index (χ3n) is 2.06. The molecule has 0 atom stereocenters. The van der Waals surface area contributed by atoms with Crippen molar-refractivity contribution >= 4 is 28.7 Å². The van der Waals surface area contributed by atoms with Gasteiger partial charge in [0.25, 0.3) is 5.91 Å². The van der Waals surface area contributed by atoms with Crippen molar-refractivity contribution in [3.05, 3.63) is 40.2 Å². The minimum Gasteiger partial charge on any atom is -0.397 e. The van der Waals surface area contributed by atoms with Crippen molar-refractivity contribution in [1.82, 2.24) is 4.98 Å². The predicted molar refractivity (Wildman–Crippen MR) is 65.7 cm³/mol. The van der Waals surface area contributed by atoms with Crippen LogP contribution in [0.5, 0.6) is 0 Å². The molecule has 2 heterocycles. The number of pyridine rings is 1. The molecule has 0 aliphatic rings. The Bertz CT molecular complexity index is 521. The van der Waals surface area contributed by atoms with Gasteiger partial charge in [0.1, 0.15) is 10.7 Å². The molecular formula is C11H11N3OS. The van der Waals surface area contributed by atoms with Crippen molar-refractivity contribution in [3.63, 3.8) is 0 Å². The summed E-state index contributed by atoms with van der Waals surface area (Å²) in [6.45, 7) is 1.94. The van der Waals surface area contributed by atoms with Gasteiger partial charge in [-0.1, -0.05) is 0 Å². The number of nitrogen functional groups attached to an aromatic ring is 1. The van der Waals surface area contributed by atoms with Crippen LogP contribution in [0.2, 0.25) is 0 Å². The molecule has 0 bridgehead atoms. The monoisotopic (exact) mass is 233 g/mol. The summed E-state index contributed by atoms with van der Waals surface area (Å²) in [6.07, 6.45) is 1.66. The first-order valence-electron chi connectivity index (χ1n) is 4.74. The number of hydrogen-bond acceptors (Lipinski definition) is 4. The van der Waals surface area contributed by atoms with E-state index in [1.807, 2.05) is 19.1 Å². The Hall–Kier alpha value is -1.88. The second-order valence-electron chi connectivity index (χ2n) is 3.38.